The van der Waals surface area contributed by atoms with Crippen molar-refractivity contribution in [2.24, 2.45) is 5.92 Å². The Morgan fingerprint density at radius 1 is 1.14 bits per heavy atom. The van der Waals surface area contributed by atoms with E-state index in [0.717, 1.165) is 21.2 Å². The second-order valence-corrected chi connectivity index (χ2v) is 9.60. The minimum absolute atomic E-state index is 0.132. The smallest absolute Gasteiger partial charge is 0.310 e. The van der Waals surface area contributed by atoms with E-state index < -0.39 is 21.9 Å². The Labute approximate surface area is 169 Å². The lowest BCUT2D eigenvalue weighted by Gasteiger charge is -2.27. The molecule has 0 bridgehead atoms. The summed E-state index contributed by atoms with van der Waals surface area (Å²) in [6.45, 7) is 1.76. The lowest BCUT2D eigenvalue weighted by atomic mass is 10.1. The molecular weight excluding hydrogens is 400 g/mol. The largest absolute Gasteiger partial charge is 0.469 e. The van der Waals surface area contributed by atoms with Gasteiger partial charge in [0.2, 0.25) is 5.91 Å². The van der Waals surface area contributed by atoms with Gasteiger partial charge >= 0.3 is 5.97 Å². The number of hydrogen-bond acceptors (Lipinski definition) is 6. The number of carbonyl (C=O) groups excluding carboxylic acids is 2. The first-order valence-electron chi connectivity index (χ1n) is 8.65. The topological polar surface area (TPSA) is 84.0 Å². The molecular formula is C19H24N2O5S2. The van der Waals surface area contributed by atoms with E-state index in [1.54, 1.807) is 18.4 Å². The summed E-state index contributed by atoms with van der Waals surface area (Å²) < 4.78 is 31.1. The summed E-state index contributed by atoms with van der Waals surface area (Å²) in [5.74, 6) is -1.34. The van der Waals surface area contributed by atoms with Crippen molar-refractivity contribution in [2.45, 2.75) is 17.7 Å². The molecule has 7 nitrogen and oxygen atoms in total. The van der Waals surface area contributed by atoms with Gasteiger partial charge in [-0.3, -0.25) is 9.59 Å². The second kappa shape index (κ2) is 9.81. The predicted octanol–water partition coefficient (Wildman–Crippen LogP) is 2.21. The van der Waals surface area contributed by atoms with Crippen LogP contribution in [0.4, 0.5) is 0 Å². The highest BCUT2D eigenvalue weighted by molar-refractivity contribution is 7.91. The Morgan fingerprint density at radius 3 is 2.39 bits per heavy atom. The summed E-state index contributed by atoms with van der Waals surface area (Å²) in [4.78, 5) is 26.2. The molecule has 28 heavy (non-hydrogen) atoms. The lowest BCUT2D eigenvalue weighted by molar-refractivity contribution is -0.146. The van der Waals surface area contributed by atoms with Crippen LogP contribution in [0.3, 0.4) is 0 Å². The zero-order valence-corrected chi connectivity index (χ0v) is 17.7. The third kappa shape index (κ3) is 5.63. The number of esters is 1. The van der Waals surface area contributed by atoms with Crippen molar-refractivity contribution in [1.82, 2.24) is 9.21 Å². The molecule has 0 aliphatic rings. The Hall–Kier alpha value is -2.23. The minimum atomic E-state index is -3.73. The summed E-state index contributed by atoms with van der Waals surface area (Å²) in [6, 6.07) is 12.5. The first-order valence-corrected chi connectivity index (χ1v) is 11.0. The van der Waals surface area contributed by atoms with Gasteiger partial charge in [-0.05, 0) is 17.0 Å². The molecule has 1 aromatic heterocycles. The van der Waals surface area contributed by atoms with E-state index in [9.17, 15) is 18.0 Å². The first kappa shape index (κ1) is 22.1. The van der Waals surface area contributed by atoms with E-state index in [0.29, 0.717) is 0 Å². The third-order valence-electron chi connectivity index (χ3n) is 4.18. The number of likely N-dealkylation sites (N-methyl/N-ethyl adjacent to an activating group) is 1. The average molecular weight is 425 g/mol. The Balaban J connectivity index is 2.16. The van der Waals surface area contributed by atoms with Crippen LogP contribution >= 0.6 is 11.3 Å². The number of thiophene rings is 1. The van der Waals surface area contributed by atoms with Gasteiger partial charge in [-0.15, -0.1) is 11.3 Å². The van der Waals surface area contributed by atoms with Crippen LogP contribution in [0, 0.1) is 5.92 Å². The van der Waals surface area contributed by atoms with Crippen LogP contribution in [-0.4, -0.2) is 56.7 Å². The summed E-state index contributed by atoms with van der Waals surface area (Å²) >= 11 is 1.10. The van der Waals surface area contributed by atoms with Crippen molar-refractivity contribution in [3.8, 4) is 0 Å². The highest BCUT2D eigenvalue weighted by Gasteiger charge is 2.28. The number of hydrogen-bond donors (Lipinski definition) is 0. The highest BCUT2D eigenvalue weighted by Crippen LogP contribution is 2.20. The third-order valence-corrected chi connectivity index (χ3v) is 7.36. The van der Waals surface area contributed by atoms with Crippen LogP contribution < -0.4 is 0 Å². The molecule has 2 rings (SSSR count). The van der Waals surface area contributed by atoms with Crippen LogP contribution in [0.2, 0.25) is 0 Å². The van der Waals surface area contributed by atoms with Crippen molar-refractivity contribution in [3.05, 3.63) is 53.4 Å². The molecule has 1 unspecified atom stereocenters. The van der Waals surface area contributed by atoms with E-state index in [-0.39, 0.29) is 29.8 Å². The second-order valence-electron chi connectivity index (χ2n) is 6.38. The number of ether oxygens (including phenoxy) is 1. The number of carbonyl (C=O) groups is 2. The lowest BCUT2D eigenvalue weighted by Crippen LogP contribution is -2.43. The van der Waals surface area contributed by atoms with E-state index in [4.69, 9.17) is 4.74 Å². The quantitative estimate of drug-likeness (QED) is 0.576. The zero-order valence-electron chi connectivity index (χ0n) is 16.1. The number of rotatable bonds is 9. The molecule has 9 heteroatoms. The fraction of sp³-hybridized carbons (Fsp3) is 0.368. The zero-order chi connectivity index (χ0) is 20.7. The van der Waals surface area contributed by atoms with Crippen LogP contribution in [-0.2, 0) is 30.9 Å². The summed E-state index contributed by atoms with van der Waals surface area (Å²) in [6.07, 6.45) is 0. The maximum absolute atomic E-state index is 12.9. The minimum Gasteiger partial charge on any atom is -0.469 e. The standard InChI is InChI=1S/C19H24N2O5S2/c1-15(19(23)26-3)12-21(13-16-8-5-4-6-9-16)17(22)14-20(2)28(24,25)18-10-7-11-27-18/h4-11,15H,12-14H2,1-3H3. The van der Waals surface area contributed by atoms with Crippen LogP contribution in [0.15, 0.2) is 52.1 Å². The van der Waals surface area contributed by atoms with Crippen molar-refractivity contribution in [3.63, 3.8) is 0 Å². The van der Waals surface area contributed by atoms with Gasteiger partial charge < -0.3 is 9.64 Å². The van der Waals surface area contributed by atoms with Crippen LogP contribution in [0.5, 0.6) is 0 Å². The molecule has 0 saturated carbocycles. The van der Waals surface area contributed by atoms with E-state index in [1.165, 1.54) is 25.1 Å². The molecule has 0 saturated heterocycles. The van der Waals surface area contributed by atoms with Crippen LogP contribution in [0.25, 0.3) is 0 Å². The summed E-state index contributed by atoms with van der Waals surface area (Å²) in [5, 5.41) is 1.67. The SMILES string of the molecule is COC(=O)C(C)CN(Cc1ccccc1)C(=O)CN(C)S(=O)(=O)c1cccs1. The molecule has 1 aromatic carbocycles. The Morgan fingerprint density at radius 2 is 1.82 bits per heavy atom. The summed E-state index contributed by atoms with van der Waals surface area (Å²) in [5.41, 5.74) is 0.886. The number of benzene rings is 1. The molecule has 0 N–H and O–H groups in total. The molecule has 1 heterocycles. The molecule has 1 atom stereocenters. The van der Waals surface area contributed by atoms with Gasteiger partial charge in [0.15, 0.2) is 0 Å². The fourth-order valence-electron chi connectivity index (χ4n) is 2.60. The van der Waals surface area contributed by atoms with E-state index in [2.05, 4.69) is 0 Å². The fourth-order valence-corrected chi connectivity index (χ4v) is 4.93. The number of nitrogens with zero attached hydrogens (tertiary/aromatic N) is 2. The van der Waals surface area contributed by atoms with Crippen molar-refractivity contribution < 1.29 is 22.7 Å². The molecule has 1 amide bonds. The van der Waals surface area contributed by atoms with Gasteiger partial charge in [0.05, 0.1) is 19.6 Å². The van der Waals surface area contributed by atoms with Gasteiger partial charge in [0.25, 0.3) is 10.0 Å². The number of sulfonamides is 1. The van der Waals surface area contributed by atoms with Gasteiger partial charge in [0, 0.05) is 20.1 Å². The molecule has 0 aliphatic heterocycles. The van der Waals surface area contributed by atoms with Gasteiger partial charge in [0.1, 0.15) is 4.21 Å². The average Bonchev–Trinajstić information content (AvgIpc) is 3.23. The van der Waals surface area contributed by atoms with Gasteiger partial charge in [-0.1, -0.05) is 43.3 Å². The number of methoxy groups -OCH3 is 1. The van der Waals surface area contributed by atoms with Crippen molar-refractivity contribution >= 4 is 33.2 Å². The molecule has 0 fully saturated rings. The maximum Gasteiger partial charge on any atom is 0.310 e. The molecule has 0 spiro atoms. The van der Waals surface area contributed by atoms with Gasteiger partial charge in [-0.2, -0.15) is 4.31 Å². The maximum atomic E-state index is 12.9. The Bertz CT molecular complexity index is 882. The molecule has 0 radical (unpaired) electrons. The Kier molecular flexibility index (Phi) is 7.73. The van der Waals surface area contributed by atoms with E-state index >= 15 is 0 Å². The van der Waals surface area contributed by atoms with Crippen molar-refractivity contribution in [2.75, 3.05) is 27.2 Å². The van der Waals surface area contributed by atoms with Crippen molar-refractivity contribution in [1.29, 1.82) is 0 Å². The van der Waals surface area contributed by atoms with Crippen LogP contribution in [0.1, 0.15) is 12.5 Å². The van der Waals surface area contributed by atoms with E-state index in [1.807, 2.05) is 30.3 Å². The molecule has 152 valence electrons. The monoisotopic (exact) mass is 424 g/mol. The molecule has 2 aromatic rings. The van der Waals surface area contributed by atoms with Gasteiger partial charge in [-0.25, -0.2) is 8.42 Å². The first-order chi connectivity index (χ1) is 13.3. The molecule has 0 aliphatic carbocycles. The summed E-state index contributed by atoms with van der Waals surface area (Å²) in [7, 11) is -1.07. The number of amides is 1. The predicted molar refractivity (Wildman–Crippen MR) is 107 cm³/mol. The highest BCUT2D eigenvalue weighted by atomic mass is 32.2. The normalized spacial score (nSPS) is 12.6.